The number of aryl methyl sites for hydroxylation is 1. The number of pyridine rings is 1. The molecule has 1 aliphatic heterocycles. The van der Waals surface area contributed by atoms with E-state index in [1.165, 1.54) is 4.90 Å². The molecule has 1 aromatic heterocycles. The number of carbonyl (C=O) groups excluding carboxylic acids is 2. The molecule has 3 rings (SSSR count). The first-order chi connectivity index (χ1) is 12.9. The van der Waals surface area contributed by atoms with Crippen molar-refractivity contribution in [1.82, 2.24) is 9.88 Å². The number of alkyl halides is 1. The maximum absolute atomic E-state index is 13.8. The Labute approximate surface area is 156 Å². The normalized spacial score (nSPS) is 16.1. The standard InChI is InChI=1S/C20H22FN3O3/c1-12-15(13-5-3-2-4-6-13)11-16(19(26)23-12)20(27)24-9-7-14(8-10-24)17(21)18(22)25/h2-6,11,14,17H,7-10H2,1H3,(H2,22,25)(H,23,26). The summed E-state index contributed by atoms with van der Waals surface area (Å²) >= 11 is 0. The number of rotatable bonds is 4. The van der Waals surface area contributed by atoms with Gasteiger partial charge in [0, 0.05) is 30.3 Å². The Morgan fingerprint density at radius 2 is 1.85 bits per heavy atom. The van der Waals surface area contributed by atoms with Gasteiger partial charge in [0.25, 0.3) is 17.4 Å². The molecule has 1 unspecified atom stereocenters. The topological polar surface area (TPSA) is 96.3 Å². The van der Waals surface area contributed by atoms with Crippen LogP contribution in [0.2, 0.25) is 0 Å². The molecule has 2 amide bonds. The number of hydrogen-bond donors (Lipinski definition) is 2. The molecule has 2 aromatic rings. The molecule has 1 aliphatic rings. The van der Waals surface area contributed by atoms with Gasteiger partial charge in [0.15, 0.2) is 6.17 Å². The van der Waals surface area contributed by atoms with Crippen LogP contribution in [0.3, 0.4) is 0 Å². The van der Waals surface area contributed by atoms with E-state index in [0.717, 1.165) is 11.1 Å². The first-order valence-corrected chi connectivity index (χ1v) is 8.90. The van der Waals surface area contributed by atoms with Crippen LogP contribution >= 0.6 is 0 Å². The van der Waals surface area contributed by atoms with Gasteiger partial charge >= 0.3 is 0 Å². The molecule has 1 aromatic carbocycles. The lowest BCUT2D eigenvalue weighted by Gasteiger charge is -2.32. The zero-order chi connectivity index (χ0) is 19.6. The van der Waals surface area contributed by atoms with Crippen molar-refractivity contribution in [3.8, 4) is 11.1 Å². The number of nitrogens with zero attached hydrogens (tertiary/aromatic N) is 1. The smallest absolute Gasteiger partial charge is 0.261 e. The Morgan fingerprint density at radius 3 is 2.44 bits per heavy atom. The summed E-state index contributed by atoms with van der Waals surface area (Å²) in [6, 6.07) is 11.1. The molecule has 0 bridgehead atoms. The highest BCUT2D eigenvalue weighted by molar-refractivity contribution is 5.95. The van der Waals surface area contributed by atoms with Gasteiger partial charge in [-0.25, -0.2) is 4.39 Å². The molecule has 7 heteroatoms. The third-order valence-corrected chi connectivity index (χ3v) is 5.07. The van der Waals surface area contributed by atoms with Crippen molar-refractivity contribution in [3.63, 3.8) is 0 Å². The van der Waals surface area contributed by atoms with Gasteiger partial charge in [0.2, 0.25) is 0 Å². The van der Waals surface area contributed by atoms with Crippen LogP contribution in [0.5, 0.6) is 0 Å². The van der Waals surface area contributed by atoms with E-state index in [2.05, 4.69) is 4.98 Å². The first kappa shape index (κ1) is 18.8. The Kier molecular flexibility index (Phi) is 5.39. The lowest BCUT2D eigenvalue weighted by atomic mass is 9.91. The van der Waals surface area contributed by atoms with Gasteiger partial charge in [-0.3, -0.25) is 14.4 Å². The van der Waals surface area contributed by atoms with Crippen LogP contribution in [0.4, 0.5) is 4.39 Å². The van der Waals surface area contributed by atoms with E-state index in [1.807, 2.05) is 30.3 Å². The second-order valence-corrected chi connectivity index (χ2v) is 6.85. The molecule has 0 spiro atoms. The summed E-state index contributed by atoms with van der Waals surface area (Å²) in [6.45, 7) is 2.35. The largest absolute Gasteiger partial charge is 0.367 e. The number of amides is 2. The van der Waals surface area contributed by atoms with E-state index < -0.39 is 23.6 Å². The number of aromatic nitrogens is 1. The van der Waals surface area contributed by atoms with E-state index in [4.69, 9.17) is 5.73 Å². The van der Waals surface area contributed by atoms with Crippen molar-refractivity contribution in [2.75, 3.05) is 13.1 Å². The maximum Gasteiger partial charge on any atom is 0.261 e. The maximum atomic E-state index is 13.8. The number of primary amides is 1. The summed E-state index contributed by atoms with van der Waals surface area (Å²) < 4.78 is 13.8. The van der Waals surface area contributed by atoms with Crippen molar-refractivity contribution in [2.45, 2.75) is 25.9 Å². The van der Waals surface area contributed by atoms with Crippen LogP contribution in [-0.2, 0) is 4.79 Å². The summed E-state index contributed by atoms with van der Waals surface area (Å²) in [5.74, 6) is -1.84. The highest BCUT2D eigenvalue weighted by atomic mass is 19.1. The van der Waals surface area contributed by atoms with Crippen molar-refractivity contribution in [1.29, 1.82) is 0 Å². The van der Waals surface area contributed by atoms with Gasteiger partial charge in [-0.15, -0.1) is 0 Å². The zero-order valence-corrected chi connectivity index (χ0v) is 15.1. The molecule has 3 N–H and O–H groups in total. The SMILES string of the molecule is Cc1[nH]c(=O)c(C(=O)N2CCC(C(F)C(N)=O)CC2)cc1-c1ccccc1. The first-order valence-electron chi connectivity index (χ1n) is 8.90. The number of likely N-dealkylation sites (tertiary alicyclic amines) is 1. The van der Waals surface area contributed by atoms with E-state index >= 15 is 0 Å². The Hall–Kier alpha value is -2.96. The average molecular weight is 371 g/mol. The lowest BCUT2D eigenvalue weighted by Crippen LogP contribution is -2.44. The van der Waals surface area contributed by atoms with E-state index in [1.54, 1.807) is 13.0 Å². The summed E-state index contributed by atoms with van der Waals surface area (Å²) in [5, 5.41) is 0. The van der Waals surface area contributed by atoms with Crippen LogP contribution in [0.25, 0.3) is 11.1 Å². The van der Waals surface area contributed by atoms with Gasteiger partial charge in [-0.2, -0.15) is 0 Å². The fraction of sp³-hybridized carbons (Fsp3) is 0.350. The molecule has 142 valence electrons. The van der Waals surface area contributed by atoms with E-state index in [0.29, 0.717) is 18.5 Å². The number of piperidine rings is 1. The quantitative estimate of drug-likeness (QED) is 0.861. The van der Waals surface area contributed by atoms with Gasteiger partial charge in [0.1, 0.15) is 5.56 Å². The number of benzene rings is 1. The molecule has 6 nitrogen and oxygen atoms in total. The van der Waals surface area contributed by atoms with E-state index in [-0.39, 0.29) is 24.6 Å². The Bertz CT molecular complexity index is 902. The zero-order valence-electron chi connectivity index (χ0n) is 15.1. The van der Waals surface area contributed by atoms with Crippen molar-refractivity contribution < 1.29 is 14.0 Å². The molecule has 1 atom stereocenters. The molecular weight excluding hydrogens is 349 g/mol. The van der Waals surface area contributed by atoms with Crippen LogP contribution in [0.15, 0.2) is 41.2 Å². The molecule has 0 aliphatic carbocycles. The summed E-state index contributed by atoms with van der Waals surface area (Å²) in [4.78, 5) is 40.5. The monoisotopic (exact) mass is 371 g/mol. The highest BCUT2D eigenvalue weighted by Crippen LogP contribution is 2.25. The highest BCUT2D eigenvalue weighted by Gasteiger charge is 2.32. The molecule has 0 radical (unpaired) electrons. The summed E-state index contributed by atoms with van der Waals surface area (Å²) in [5.41, 5.74) is 7.00. The fourth-order valence-corrected chi connectivity index (χ4v) is 3.50. The average Bonchev–Trinajstić information content (AvgIpc) is 2.68. The number of carbonyl (C=O) groups is 2. The van der Waals surface area contributed by atoms with Gasteiger partial charge in [-0.1, -0.05) is 30.3 Å². The minimum atomic E-state index is -1.70. The van der Waals surface area contributed by atoms with Gasteiger partial charge in [0.05, 0.1) is 0 Å². The van der Waals surface area contributed by atoms with Gasteiger partial charge < -0.3 is 15.6 Å². The summed E-state index contributed by atoms with van der Waals surface area (Å²) in [6.07, 6.45) is -1.02. The number of aromatic amines is 1. The predicted octanol–water partition coefficient (Wildman–Crippen LogP) is 2.03. The second kappa shape index (κ2) is 7.73. The van der Waals surface area contributed by atoms with Crippen molar-refractivity contribution >= 4 is 11.8 Å². The molecule has 1 saturated heterocycles. The number of H-pyrrole nitrogens is 1. The third-order valence-electron chi connectivity index (χ3n) is 5.07. The number of halogens is 1. The van der Waals surface area contributed by atoms with Crippen LogP contribution < -0.4 is 11.3 Å². The Balaban J connectivity index is 1.82. The number of hydrogen-bond acceptors (Lipinski definition) is 3. The molecule has 27 heavy (non-hydrogen) atoms. The molecule has 0 saturated carbocycles. The third kappa shape index (κ3) is 3.92. The number of nitrogens with one attached hydrogen (secondary N) is 1. The van der Waals surface area contributed by atoms with Crippen LogP contribution in [0.1, 0.15) is 28.9 Å². The predicted molar refractivity (Wildman–Crippen MR) is 100.0 cm³/mol. The molecule has 1 fully saturated rings. The van der Waals surface area contributed by atoms with Crippen molar-refractivity contribution in [2.24, 2.45) is 11.7 Å². The van der Waals surface area contributed by atoms with Gasteiger partial charge in [-0.05, 0) is 31.4 Å². The van der Waals surface area contributed by atoms with Crippen molar-refractivity contribution in [3.05, 3.63) is 58.0 Å². The minimum Gasteiger partial charge on any atom is -0.367 e. The molecule has 2 heterocycles. The second-order valence-electron chi connectivity index (χ2n) is 6.85. The fourth-order valence-electron chi connectivity index (χ4n) is 3.50. The summed E-state index contributed by atoms with van der Waals surface area (Å²) in [7, 11) is 0. The molecular formula is C20H22FN3O3. The minimum absolute atomic E-state index is 0.0598. The van der Waals surface area contributed by atoms with Crippen LogP contribution in [0, 0.1) is 12.8 Å². The van der Waals surface area contributed by atoms with Crippen LogP contribution in [-0.4, -0.2) is 41.0 Å². The number of nitrogens with two attached hydrogens (primary N) is 1. The Morgan fingerprint density at radius 1 is 1.22 bits per heavy atom. The van der Waals surface area contributed by atoms with E-state index in [9.17, 15) is 18.8 Å². The lowest BCUT2D eigenvalue weighted by molar-refractivity contribution is -0.125.